The lowest BCUT2D eigenvalue weighted by Gasteiger charge is -2.39. The third kappa shape index (κ3) is 4.42. The van der Waals surface area contributed by atoms with E-state index in [2.05, 4.69) is 22.8 Å². The average molecular weight is 411 g/mol. The molecular formula is C24H30N2O4. The summed E-state index contributed by atoms with van der Waals surface area (Å²) in [6, 6.07) is 12.0. The van der Waals surface area contributed by atoms with Gasteiger partial charge in [-0.1, -0.05) is 31.4 Å². The van der Waals surface area contributed by atoms with Gasteiger partial charge in [-0.05, 0) is 48.2 Å². The van der Waals surface area contributed by atoms with E-state index >= 15 is 0 Å². The van der Waals surface area contributed by atoms with Crippen LogP contribution in [0.2, 0.25) is 0 Å². The van der Waals surface area contributed by atoms with Crippen LogP contribution in [0.3, 0.4) is 0 Å². The van der Waals surface area contributed by atoms with Crippen molar-refractivity contribution in [1.29, 1.82) is 0 Å². The Morgan fingerprint density at radius 2 is 1.20 bits per heavy atom. The van der Waals surface area contributed by atoms with Crippen LogP contribution in [0.1, 0.15) is 57.1 Å². The first-order chi connectivity index (χ1) is 14.4. The molecule has 2 aromatic rings. The van der Waals surface area contributed by atoms with E-state index in [0.717, 1.165) is 36.8 Å². The largest absolute Gasteiger partial charge is 0.495 e. The number of carbonyl (C=O) groups is 2. The van der Waals surface area contributed by atoms with Crippen LogP contribution < -0.4 is 20.1 Å². The van der Waals surface area contributed by atoms with E-state index < -0.39 is 0 Å². The predicted molar refractivity (Wildman–Crippen MR) is 118 cm³/mol. The van der Waals surface area contributed by atoms with Crippen LogP contribution in [0, 0.1) is 0 Å². The predicted octanol–water partition coefficient (Wildman–Crippen LogP) is 4.87. The van der Waals surface area contributed by atoms with Crippen LogP contribution in [-0.2, 0) is 15.0 Å². The maximum atomic E-state index is 11.5. The van der Waals surface area contributed by atoms with E-state index in [1.54, 1.807) is 14.2 Å². The van der Waals surface area contributed by atoms with Crippen molar-refractivity contribution >= 4 is 23.2 Å². The molecule has 0 bridgehead atoms. The van der Waals surface area contributed by atoms with Gasteiger partial charge in [0.1, 0.15) is 11.5 Å². The summed E-state index contributed by atoms with van der Waals surface area (Å²) in [7, 11) is 3.23. The van der Waals surface area contributed by atoms with E-state index in [9.17, 15) is 9.59 Å². The maximum absolute atomic E-state index is 11.5. The average Bonchev–Trinajstić information content (AvgIpc) is 2.74. The van der Waals surface area contributed by atoms with Gasteiger partial charge in [-0.15, -0.1) is 0 Å². The Kier molecular flexibility index (Phi) is 6.65. The summed E-state index contributed by atoms with van der Waals surface area (Å²) in [4.78, 5) is 23.0. The van der Waals surface area contributed by atoms with E-state index in [0.29, 0.717) is 22.9 Å². The minimum atomic E-state index is -0.178. The van der Waals surface area contributed by atoms with Gasteiger partial charge < -0.3 is 20.1 Å². The Balaban J connectivity index is 2.10. The molecule has 6 heteroatoms. The van der Waals surface area contributed by atoms with E-state index in [1.165, 1.54) is 20.3 Å². The Morgan fingerprint density at radius 1 is 0.767 bits per heavy atom. The van der Waals surface area contributed by atoms with Crippen molar-refractivity contribution in [3.63, 3.8) is 0 Å². The molecule has 2 amide bonds. The molecule has 0 radical (unpaired) electrons. The first kappa shape index (κ1) is 21.7. The number of amides is 2. The number of nitrogens with one attached hydrogen (secondary N) is 2. The Hall–Kier alpha value is -3.02. The molecule has 1 aliphatic carbocycles. The van der Waals surface area contributed by atoms with Crippen LogP contribution in [-0.4, -0.2) is 26.0 Å². The van der Waals surface area contributed by atoms with Gasteiger partial charge in [0.2, 0.25) is 11.8 Å². The number of benzene rings is 2. The monoisotopic (exact) mass is 410 g/mol. The summed E-state index contributed by atoms with van der Waals surface area (Å²) in [6.45, 7) is 2.97. The molecule has 0 aromatic heterocycles. The summed E-state index contributed by atoms with van der Waals surface area (Å²) < 4.78 is 11.2. The first-order valence-electron chi connectivity index (χ1n) is 10.3. The number of hydrogen-bond acceptors (Lipinski definition) is 4. The van der Waals surface area contributed by atoms with Gasteiger partial charge >= 0.3 is 0 Å². The van der Waals surface area contributed by atoms with E-state index in [-0.39, 0.29) is 17.2 Å². The van der Waals surface area contributed by atoms with Crippen molar-refractivity contribution in [2.24, 2.45) is 0 Å². The van der Waals surface area contributed by atoms with E-state index in [4.69, 9.17) is 9.47 Å². The Labute approximate surface area is 178 Å². The topological polar surface area (TPSA) is 76.7 Å². The molecule has 0 saturated heterocycles. The fourth-order valence-corrected chi connectivity index (χ4v) is 4.46. The molecule has 3 rings (SSSR count). The summed E-state index contributed by atoms with van der Waals surface area (Å²) >= 11 is 0. The lowest BCUT2D eigenvalue weighted by Crippen LogP contribution is -2.30. The summed E-state index contributed by atoms with van der Waals surface area (Å²) in [6.07, 6.45) is 5.50. The zero-order valence-corrected chi connectivity index (χ0v) is 18.1. The minimum absolute atomic E-state index is 0.133. The van der Waals surface area contributed by atoms with Gasteiger partial charge in [0.05, 0.1) is 25.6 Å². The highest BCUT2D eigenvalue weighted by atomic mass is 16.5. The zero-order chi connectivity index (χ0) is 21.7. The Bertz CT molecular complexity index is 863. The molecule has 0 heterocycles. The molecule has 0 unspecified atom stereocenters. The van der Waals surface area contributed by atoms with Gasteiger partial charge in [0.15, 0.2) is 0 Å². The van der Waals surface area contributed by atoms with E-state index in [1.807, 2.05) is 24.3 Å². The maximum Gasteiger partial charge on any atom is 0.221 e. The van der Waals surface area contributed by atoms with Crippen molar-refractivity contribution in [1.82, 2.24) is 0 Å². The summed E-state index contributed by atoms with van der Waals surface area (Å²) in [5.41, 5.74) is 3.46. The molecule has 0 atom stereocenters. The third-order valence-corrected chi connectivity index (χ3v) is 5.84. The lowest BCUT2D eigenvalue weighted by atomic mass is 9.65. The van der Waals surface area contributed by atoms with Gasteiger partial charge in [-0.2, -0.15) is 0 Å². The molecule has 1 aliphatic rings. The smallest absolute Gasteiger partial charge is 0.221 e. The standard InChI is InChI=1S/C24H30N2O4/c1-16(27)25-20-10-8-18(14-22(20)29-3)24(12-6-5-7-13-24)19-9-11-21(26-17(2)28)23(15-19)30-4/h8-11,14-15H,5-7,12-13H2,1-4H3,(H,25,27)(H,26,28). The number of ether oxygens (including phenoxy) is 2. The fraction of sp³-hybridized carbons (Fsp3) is 0.417. The van der Waals surface area contributed by atoms with Crippen LogP contribution >= 0.6 is 0 Å². The second kappa shape index (κ2) is 9.20. The Morgan fingerprint density at radius 3 is 1.57 bits per heavy atom. The quantitative estimate of drug-likeness (QED) is 0.712. The highest BCUT2D eigenvalue weighted by Gasteiger charge is 2.37. The highest BCUT2D eigenvalue weighted by Crippen LogP contribution is 2.48. The number of anilines is 2. The zero-order valence-electron chi connectivity index (χ0n) is 18.1. The lowest BCUT2D eigenvalue weighted by molar-refractivity contribution is -0.115. The van der Waals surface area contributed by atoms with Crippen molar-refractivity contribution in [2.75, 3.05) is 24.9 Å². The third-order valence-electron chi connectivity index (χ3n) is 5.84. The molecule has 1 saturated carbocycles. The number of hydrogen-bond donors (Lipinski definition) is 2. The van der Waals surface area contributed by atoms with Crippen LogP contribution in [0.4, 0.5) is 11.4 Å². The molecule has 30 heavy (non-hydrogen) atoms. The molecule has 6 nitrogen and oxygen atoms in total. The number of rotatable bonds is 6. The summed E-state index contributed by atoms with van der Waals surface area (Å²) in [5.74, 6) is 1.03. The molecular weight excluding hydrogens is 380 g/mol. The molecule has 2 aromatic carbocycles. The summed E-state index contributed by atoms with van der Waals surface area (Å²) in [5, 5.41) is 5.65. The van der Waals surface area contributed by atoms with Gasteiger partial charge in [0.25, 0.3) is 0 Å². The van der Waals surface area contributed by atoms with Crippen LogP contribution in [0.5, 0.6) is 11.5 Å². The fourth-order valence-electron chi connectivity index (χ4n) is 4.46. The molecule has 0 spiro atoms. The highest BCUT2D eigenvalue weighted by molar-refractivity contribution is 5.91. The van der Waals surface area contributed by atoms with Crippen molar-refractivity contribution in [2.45, 2.75) is 51.4 Å². The van der Waals surface area contributed by atoms with Gasteiger partial charge in [-0.3, -0.25) is 9.59 Å². The van der Waals surface area contributed by atoms with Gasteiger partial charge in [-0.25, -0.2) is 0 Å². The van der Waals surface area contributed by atoms with Crippen molar-refractivity contribution in [3.8, 4) is 11.5 Å². The normalized spacial score (nSPS) is 15.2. The van der Waals surface area contributed by atoms with Crippen LogP contribution in [0.25, 0.3) is 0 Å². The number of carbonyl (C=O) groups excluding carboxylic acids is 2. The molecule has 0 aliphatic heterocycles. The second-order valence-corrected chi connectivity index (χ2v) is 7.84. The molecule has 1 fully saturated rings. The van der Waals surface area contributed by atoms with Crippen molar-refractivity contribution < 1.29 is 19.1 Å². The number of methoxy groups -OCH3 is 2. The SMILES string of the molecule is COc1cc(C2(c3ccc(NC(C)=O)c(OC)c3)CCCCC2)ccc1NC(C)=O. The second-order valence-electron chi connectivity index (χ2n) is 7.84. The first-order valence-corrected chi connectivity index (χ1v) is 10.3. The molecule has 2 N–H and O–H groups in total. The van der Waals surface area contributed by atoms with Crippen molar-refractivity contribution in [3.05, 3.63) is 47.5 Å². The van der Waals surface area contributed by atoms with Gasteiger partial charge in [0, 0.05) is 19.3 Å². The molecule has 160 valence electrons. The van der Waals surface area contributed by atoms with Crippen LogP contribution in [0.15, 0.2) is 36.4 Å². The minimum Gasteiger partial charge on any atom is -0.495 e.